The van der Waals surface area contributed by atoms with E-state index < -0.39 is 11.7 Å². The fourth-order valence-corrected chi connectivity index (χ4v) is 2.96. The third kappa shape index (κ3) is 5.81. The summed E-state index contributed by atoms with van der Waals surface area (Å²) >= 11 is 0. The largest absolute Gasteiger partial charge is 0.494 e. The zero-order valence-electron chi connectivity index (χ0n) is 18.3. The van der Waals surface area contributed by atoms with Gasteiger partial charge in [0.2, 0.25) is 5.95 Å². The fourth-order valence-electron chi connectivity index (χ4n) is 2.96. The van der Waals surface area contributed by atoms with Crippen molar-refractivity contribution in [1.82, 2.24) is 9.97 Å². The van der Waals surface area contributed by atoms with Crippen LogP contribution >= 0.6 is 0 Å². The van der Waals surface area contributed by atoms with Crippen LogP contribution in [0.4, 0.5) is 36.3 Å². The summed E-state index contributed by atoms with van der Waals surface area (Å²) in [5.74, 6) is 1.10. The van der Waals surface area contributed by atoms with Crippen LogP contribution in [0.25, 0.3) is 0 Å². The molecule has 32 heavy (non-hydrogen) atoms. The van der Waals surface area contributed by atoms with E-state index in [1.807, 2.05) is 20.8 Å². The molecule has 0 atom stereocenters. The minimum absolute atomic E-state index is 0.00601. The van der Waals surface area contributed by atoms with Crippen LogP contribution < -0.4 is 19.7 Å². The van der Waals surface area contributed by atoms with Crippen LogP contribution in [0.2, 0.25) is 0 Å². The van der Waals surface area contributed by atoms with E-state index in [-0.39, 0.29) is 17.9 Å². The molecule has 6 nitrogen and oxygen atoms in total. The van der Waals surface area contributed by atoms with Crippen LogP contribution in [0.3, 0.4) is 0 Å². The topological polar surface area (TPSA) is 59.5 Å². The maximum Gasteiger partial charge on any atom is 0.421 e. The van der Waals surface area contributed by atoms with Crippen molar-refractivity contribution in [1.29, 1.82) is 0 Å². The molecule has 0 radical (unpaired) electrons. The number of benzene rings is 2. The standard InChI is InChI=1S/C23H25F3N4O2/c1-5-31-18-10-6-16(7-11-18)28-22-27-14-20(23(24,25)26)21(29-22)30(4)17-8-12-19(13-9-17)32-15(2)3/h6-15H,5H2,1-4H3,(H,27,28,29). The summed E-state index contributed by atoms with van der Waals surface area (Å²) in [6.45, 7) is 6.21. The number of rotatable bonds is 8. The van der Waals surface area contributed by atoms with Gasteiger partial charge in [0.15, 0.2) is 5.82 Å². The molecule has 1 heterocycles. The third-order valence-electron chi connectivity index (χ3n) is 4.41. The number of halogens is 3. The number of hydrogen-bond donors (Lipinski definition) is 1. The Morgan fingerprint density at radius 3 is 2.19 bits per heavy atom. The first-order valence-electron chi connectivity index (χ1n) is 10.1. The maximum atomic E-state index is 13.6. The molecule has 0 spiro atoms. The second kappa shape index (κ2) is 9.76. The van der Waals surface area contributed by atoms with Crippen LogP contribution in [-0.2, 0) is 6.18 Å². The van der Waals surface area contributed by atoms with E-state index in [2.05, 4.69) is 15.3 Å². The summed E-state index contributed by atoms with van der Waals surface area (Å²) in [7, 11) is 1.52. The minimum atomic E-state index is -4.61. The Hall–Kier alpha value is -3.49. The zero-order valence-corrected chi connectivity index (χ0v) is 18.3. The summed E-state index contributed by atoms with van der Waals surface area (Å²) in [6, 6.07) is 13.8. The third-order valence-corrected chi connectivity index (χ3v) is 4.41. The molecular weight excluding hydrogens is 421 g/mol. The summed E-state index contributed by atoms with van der Waals surface area (Å²) in [4.78, 5) is 9.39. The van der Waals surface area contributed by atoms with E-state index in [1.54, 1.807) is 48.5 Å². The van der Waals surface area contributed by atoms with Gasteiger partial charge < -0.3 is 19.7 Å². The Labute approximate surface area is 185 Å². The average molecular weight is 446 g/mol. The monoisotopic (exact) mass is 446 g/mol. The number of anilines is 4. The Morgan fingerprint density at radius 1 is 1.00 bits per heavy atom. The van der Waals surface area contributed by atoms with Crippen LogP contribution in [0.5, 0.6) is 11.5 Å². The summed E-state index contributed by atoms with van der Waals surface area (Å²) in [5.41, 5.74) is 0.217. The highest BCUT2D eigenvalue weighted by Crippen LogP contribution is 2.38. The van der Waals surface area contributed by atoms with E-state index in [1.165, 1.54) is 11.9 Å². The van der Waals surface area contributed by atoms with Gasteiger partial charge in [0.25, 0.3) is 0 Å². The lowest BCUT2D eigenvalue weighted by molar-refractivity contribution is -0.137. The van der Waals surface area contributed by atoms with E-state index in [0.717, 1.165) is 6.20 Å². The lowest BCUT2D eigenvalue weighted by atomic mass is 10.2. The fraction of sp³-hybridized carbons (Fsp3) is 0.304. The van der Waals surface area contributed by atoms with Crippen molar-refractivity contribution in [2.75, 3.05) is 23.9 Å². The molecule has 0 bridgehead atoms. The molecule has 3 aromatic rings. The normalized spacial score (nSPS) is 11.4. The molecule has 0 aliphatic heterocycles. The van der Waals surface area contributed by atoms with Crippen molar-refractivity contribution in [3.05, 3.63) is 60.3 Å². The van der Waals surface area contributed by atoms with Crippen molar-refractivity contribution < 1.29 is 22.6 Å². The SMILES string of the molecule is CCOc1ccc(Nc2ncc(C(F)(F)F)c(N(C)c3ccc(OC(C)C)cc3)n2)cc1. The molecule has 1 aromatic heterocycles. The summed E-state index contributed by atoms with van der Waals surface area (Å²) < 4.78 is 51.9. The predicted octanol–water partition coefficient (Wildman–Crippen LogP) is 6.19. The molecule has 0 aliphatic carbocycles. The first kappa shape index (κ1) is 23.2. The predicted molar refractivity (Wildman–Crippen MR) is 118 cm³/mol. The van der Waals surface area contributed by atoms with E-state index in [9.17, 15) is 13.2 Å². The Balaban J connectivity index is 1.90. The molecular formula is C23H25F3N4O2. The lowest BCUT2D eigenvalue weighted by Gasteiger charge is -2.23. The Morgan fingerprint density at radius 2 is 1.62 bits per heavy atom. The highest BCUT2D eigenvalue weighted by molar-refractivity contribution is 5.65. The van der Waals surface area contributed by atoms with Gasteiger partial charge in [0.1, 0.15) is 17.1 Å². The van der Waals surface area contributed by atoms with Gasteiger partial charge in [-0.05, 0) is 69.3 Å². The van der Waals surface area contributed by atoms with Crippen LogP contribution in [0.15, 0.2) is 54.7 Å². The highest BCUT2D eigenvalue weighted by Gasteiger charge is 2.36. The number of nitrogens with zero attached hydrogens (tertiary/aromatic N) is 3. The molecule has 0 unspecified atom stereocenters. The second-order valence-corrected chi connectivity index (χ2v) is 7.23. The van der Waals surface area contributed by atoms with Crippen molar-refractivity contribution >= 4 is 23.1 Å². The Bertz CT molecular complexity index is 1020. The molecule has 170 valence electrons. The van der Waals surface area contributed by atoms with Crippen molar-refractivity contribution in [2.24, 2.45) is 0 Å². The van der Waals surface area contributed by atoms with Crippen LogP contribution in [0.1, 0.15) is 26.3 Å². The molecule has 0 saturated heterocycles. The first-order valence-corrected chi connectivity index (χ1v) is 10.1. The van der Waals surface area contributed by atoms with Gasteiger partial charge in [0.05, 0.1) is 12.7 Å². The molecule has 0 amide bonds. The van der Waals surface area contributed by atoms with Crippen molar-refractivity contribution in [3.8, 4) is 11.5 Å². The lowest BCUT2D eigenvalue weighted by Crippen LogP contribution is -2.19. The van der Waals surface area contributed by atoms with E-state index >= 15 is 0 Å². The average Bonchev–Trinajstić information content (AvgIpc) is 2.74. The number of ether oxygens (including phenoxy) is 2. The first-order chi connectivity index (χ1) is 15.2. The molecule has 9 heteroatoms. The molecule has 1 N–H and O–H groups in total. The second-order valence-electron chi connectivity index (χ2n) is 7.23. The quantitative estimate of drug-likeness (QED) is 0.445. The Kier molecular flexibility index (Phi) is 7.07. The minimum Gasteiger partial charge on any atom is -0.494 e. The van der Waals surface area contributed by atoms with E-state index in [0.29, 0.717) is 29.5 Å². The van der Waals surface area contributed by atoms with Crippen molar-refractivity contribution in [2.45, 2.75) is 33.1 Å². The van der Waals surface area contributed by atoms with Gasteiger partial charge in [-0.2, -0.15) is 18.2 Å². The van der Waals surface area contributed by atoms with Crippen molar-refractivity contribution in [3.63, 3.8) is 0 Å². The molecule has 0 saturated carbocycles. The van der Waals surface area contributed by atoms with Crippen LogP contribution in [-0.4, -0.2) is 29.7 Å². The smallest absolute Gasteiger partial charge is 0.421 e. The molecule has 2 aromatic carbocycles. The van der Waals surface area contributed by atoms with Gasteiger partial charge in [0, 0.05) is 24.6 Å². The number of aromatic nitrogens is 2. The highest BCUT2D eigenvalue weighted by atomic mass is 19.4. The summed E-state index contributed by atoms with van der Waals surface area (Å²) in [5, 5.41) is 2.94. The number of alkyl halides is 3. The molecule has 0 fully saturated rings. The zero-order chi connectivity index (χ0) is 23.3. The molecule has 3 rings (SSSR count). The van der Waals surface area contributed by atoms with Gasteiger partial charge in [-0.1, -0.05) is 0 Å². The maximum absolute atomic E-state index is 13.6. The molecule has 0 aliphatic rings. The van der Waals surface area contributed by atoms with E-state index in [4.69, 9.17) is 9.47 Å². The van der Waals surface area contributed by atoms with Crippen LogP contribution in [0, 0.1) is 0 Å². The van der Waals surface area contributed by atoms with Gasteiger partial charge in [-0.15, -0.1) is 0 Å². The summed E-state index contributed by atoms with van der Waals surface area (Å²) in [6.07, 6.45) is -3.83. The number of hydrogen-bond acceptors (Lipinski definition) is 6. The van der Waals surface area contributed by atoms with Gasteiger partial charge >= 0.3 is 6.18 Å². The number of nitrogens with one attached hydrogen (secondary N) is 1. The van der Waals surface area contributed by atoms with Gasteiger partial charge in [-0.25, -0.2) is 4.98 Å². The van der Waals surface area contributed by atoms with Gasteiger partial charge in [-0.3, -0.25) is 0 Å².